The van der Waals surface area contributed by atoms with Gasteiger partial charge in [-0.2, -0.15) is 0 Å². The summed E-state index contributed by atoms with van der Waals surface area (Å²) in [5.74, 6) is -0.284. The van der Waals surface area contributed by atoms with Crippen LogP contribution in [-0.2, 0) is 20.5 Å². The van der Waals surface area contributed by atoms with Gasteiger partial charge in [0.1, 0.15) is 17.4 Å². The van der Waals surface area contributed by atoms with Crippen molar-refractivity contribution in [3.8, 4) is 16.9 Å². The van der Waals surface area contributed by atoms with Crippen LogP contribution in [0.3, 0.4) is 0 Å². The van der Waals surface area contributed by atoms with E-state index in [1.807, 2.05) is 12.1 Å². The van der Waals surface area contributed by atoms with Crippen LogP contribution in [0.1, 0.15) is 54.5 Å². The molecule has 5 aromatic rings. The van der Waals surface area contributed by atoms with Crippen LogP contribution in [0.2, 0.25) is 0 Å². The molecule has 0 aromatic heterocycles. The Labute approximate surface area is 298 Å². The number of morpholine rings is 2. The zero-order chi connectivity index (χ0) is 34.7. The number of benzene rings is 5. The molecular formula is C44H42F2N2O3. The van der Waals surface area contributed by atoms with Gasteiger partial charge in [-0.3, -0.25) is 0 Å². The molecule has 0 bridgehead atoms. The van der Waals surface area contributed by atoms with Gasteiger partial charge < -0.3 is 24.0 Å². The number of anilines is 2. The van der Waals surface area contributed by atoms with Gasteiger partial charge in [0.05, 0.1) is 26.4 Å². The minimum Gasteiger partial charge on any atom is -0.472 e. The van der Waals surface area contributed by atoms with Crippen LogP contribution in [0.25, 0.3) is 28.0 Å². The molecule has 0 spiro atoms. The molecule has 260 valence electrons. The van der Waals surface area contributed by atoms with Gasteiger partial charge in [-0.05, 0) is 71.3 Å². The van der Waals surface area contributed by atoms with Crippen LogP contribution in [0.4, 0.5) is 20.2 Å². The number of rotatable bonds is 6. The quantitative estimate of drug-likeness (QED) is 0.178. The molecule has 0 atom stereocenters. The average Bonchev–Trinajstić information content (AvgIpc) is 3.49. The first-order chi connectivity index (χ1) is 25.0. The molecule has 0 saturated carbocycles. The topological polar surface area (TPSA) is 34.2 Å². The molecule has 1 aliphatic carbocycles. The second-order valence-electron chi connectivity index (χ2n) is 14.1. The lowest BCUT2D eigenvalue weighted by Crippen LogP contribution is -2.37. The summed E-state index contributed by atoms with van der Waals surface area (Å²) in [6, 6.07) is 28.2. The number of fused-ring (bicyclic) bond motifs is 8. The van der Waals surface area contributed by atoms with Crippen molar-refractivity contribution in [3.05, 3.63) is 130 Å². The van der Waals surface area contributed by atoms with E-state index >= 15 is 4.39 Å². The first-order valence-electron chi connectivity index (χ1n) is 18.3. The van der Waals surface area contributed by atoms with E-state index in [4.69, 9.17) is 14.2 Å². The fraction of sp³-hybridized carbons (Fsp3) is 0.318. The fourth-order valence-electron chi connectivity index (χ4n) is 9.17. The highest BCUT2D eigenvalue weighted by atomic mass is 19.1. The summed E-state index contributed by atoms with van der Waals surface area (Å²) in [6.07, 6.45) is 5.70. The maximum absolute atomic E-state index is 16.0. The molecule has 0 radical (unpaired) electrons. The van der Waals surface area contributed by atoms with Crippen molar-refractivity contribution in [3.63, 3.8) is 0 Å². The maximum Gasteiger partial charge on any atom is 0.178 e. The van der Waals surface area contributed by atoms with Crippen molar-refractivity contribution in [1.82, 2.24) is 0 Å². The number of ether oxygens (including phenoxy) is 3. The molecule has 5 nitrogen and oxygen atoms in total. The summed E-state index contributed by atoms with van der Waals surface area (Å²) in [7, 11) is 0. The third-order valence-corrected chi connectivity index (χ3v) is 11.8. The van der Waals surface area contributed by atoms with E-state index in [-0.39, 0.29) is 0 Å². The zero-order valence-corrected chi connectivity index (χ0v) is 29.2. The van der Waals surface area contributed by atoms with Crippen molar-refractivity contribution in [2.45, 2.75) is 37.7 Å². The van der Waals surface area contributed by atoms with Gasteiger partial charge >= 0.3 is 0 Å². The summed E-state index contributed by atoms with van der Waals surface area (Å²) in [4.78, 5) is 4.71. The van der Waals surface area contributed by atoms with Crippen LogP contribution in [0, 0.1) is 11.6 Å². The first-order valence-corrected chi connectivity index (χ1v) is 18.3. The highest BCUT2D eigenvalue weighted by Crippen LogP contribution is 2.61. The molecule has 3 heterocycles. The van der Waals surface area contributed by atoms with Crippen LogP contribution >= 0.6 is 0 Å². The van der Waals surface area contributed by atoms with Crippen LogP contribution in [-0.4, -0.2) is 52.6 Å². The number of hydrogen-bond acceptors (Lipinski definition) is 5. The molecule has 2 saturated heterocycles. The number of hydrogen-bond donors (Lipinski definition) is 0. The SMILES string of the molecule is CCC1(CC)c2c(F)cc(F)cc2-c2c1c1c(c3ccccc23)OC(c2ccc(N3CCOCC3)cc2)(c2ccc(N3CCOCC3)cc2)C=C1. The Hall–Kier alpha value is -4.72. The van der Waals surface area contributed by atoms with E-state index in [1.54, 1.807) is 0 Å². The molecule has 0 N–H and O–H groups in total. The molecule has 9 rings (SSSR count). The lowest BCUT2D eigenvalue weighted by Gasteiger charge is -2.40. The van der Waals surface area contributed by atoms with Gasteiger partial charge in [-0.25, -0.2) is 8.78 Å². The largest absolute Gasteiger partial charge is 0.472 e. The van der Waals surface area contributed by atoms with Crippen molar-refractivity contribution in [1.29, 1.82) is 0 Å². The third kappa shape index (κ3) is 4.92. The Kier molecular flexibility index (Phi) is 7.89. The lowest BCUT2D eigenvalue weighted by atomic mass is 9.71. The van der Waals surface area contributed by atoms with Gasteiger partial charge in [0.25, 0.3) is 0 Å². The van der Waals surface area contributed by atoms with Crippen LogP contribution in [0.15, 0.2) is 91.0 Å². The lowest BCUT2D eigenvalue weighted by molar-refractivity contribution is 0.122. The van der Waals surface area contributed by atoms with Gasteiger partial charge in [-0.15, -0.1) is 0 Å². The van der Waals surface area contributed by atoms with E-state index in [9.17, 15) is 4.39 Å². The van der Waals surface area contributed by atoms with Crippen molar-refractivity contribution in [2.75, 3.05) is 62.4 Å². The summed E-state index contributed by atoms with van der Waals surface area (Å²) in [5, 5.41) is 1.87. The molecule has 7 heteroatoms. The minimum atomic E-state index is -0.943. The van der Waals surface area contributed by atoms with E-state index in [0.717, 1.165) is 114 Å². The minimum absolute atomic E-state index is 0.487. The van der Waals surface area contributed by atoms with E-state index in [1.165, 1.54) is 6.07 Å². The second kappa shape index (κ2) is 12.5. The molecule has 2 fully saturated rings. The summed E-state index contributed by atoms with van der Waals surface area (Å²) in [6.45, 7) is 10.5. The average molecular weight is 685 g/mol. The Bertz CT molecular complexity index is 2080. The zero-order valence-electron chi connectivity index (χ0n) is 29.2. The number of halogens is 2. The first kappa shape index (κ1) is 32.2. The summed E-state index contributed by atoms with van der Waals surface area (Å²) < 4.78 is 49.7. The Morgan fingerprint density at radius 2 is 1.22 bits per heavy atom. The standard InChI is InChI=1S/C44H42F2N2O3/c1-3-43(4-2)40-37(27-31(45)28-38(40)46)39-34-7-5-6-8-35(34)42-36(41(39)43)17-18-44(51-42,29-9-13-32(14-10-29)47-19-23-49-24-20-47)30-11-15-33(16-12-30)48-21-25-50-26-22-48/h5-18,27-28H,3-4,19-26H2,1-2H3. The fourth-order valence-corrected chi connectivity index (χ4v) is 9.17. The monoisotopic (exact) mass is 684 g/mol. The molecule has 0 amide bonds. The summed E-state index contributed by atoms with van der Waals surface area (Å²) in [5.41, 5.74) is 6.87. The van der Waals surface area contributed by atoms with Crippen LogP contribution < -0.4 is 14.5 Å². The Balaban J connectivity index is 1.25. The maximum atomic E-state index is 16.0. The molecule has 51 heavy (non-hydrogen) atoms. The van der Waals surface area contributed by atoms with Crippen molar-refractivity contribution in [2.24, 2.45) is 0 Å². The van der Waals surface area contributed by atoms with Gasteiger partial charge in [0.2, 0.25) is 0 Å². The molecule has 0 unspecified atom stereocenters. The van der Waals surface area contributed by atoms with Crippen molar-refractivity contribution >= 4 is 28.2 Å². The predicted molar refractivity (Wildman–Crippen MR) is 200 cm³/mol. The molecule has 5 aromatic carbocycles. The normalized spacial score (nSPS) is 18.7. The third-order valence-electron chi connectivity index (χ3n) is 11.8. The highest BCUT2D eigenvalue weighted by molar-refractivity contribution is 6.08. The second-order valence-corrected chi connectivity index (χ2v) is 14.1. The highest BCUT2D eigenvalue weighted by Gasteiger charge is 2.48. The Morgan fingerprint density at radius 1 is 0.667 bits per heavy atom. The number of nitrogens with zero attached hydrogens (tertiary/aromatic N) is 2. The van der Waals surface area contributed by atoms with Crippen molar-refractivity contribution < 1.29 is 23.0 Å². The smallest absolute Gasteiger partial charge is 0.178 e. The molecule has 3 aliphatic heterocycles. The van der Waals surface area contributed by atoms with Gasteiger partial charge in [0.15, 0.2) is 5.60 Å². The Morgan fingerprint density at radius 3 is 1.76 bits per heavy atom. The van der Waals surface area contributed by atoms with E-state index < -0.39 is 22.7 Å². The van der Waals surface area contributed by atoms with E-state index in [2.05, 4.69) is 96.5 Å². The van der Waals surface area contributed by atoms with Gasteiger partial charge in [-0.1, -0.05) is 68.5 Å². The van der Waals surface area contributed by atoms with Gasteiger partial charge in [0, 0.05) is 76.7 Å². The molecule has 4 aliphatic rings. The molecular weight excluding hydrogens is 642 g/mol. The predicted octanol–water partition coefficient (Wildman–Crippen LogP) is 9.23. The van der Waals surface area contributed by atoms with E-state index in [0.29, 0.717) is 24.0 Å². The van der Waals surface area contributed by atoms with Crippen LogP contribution in [0.5, 0.6) is 5.75 Å². The summed E-state index contributed by atoms with van der Waals surface area (Å²) >= 11 is 0.